The summed E-state index contributed by atoms with van der Waals surface area (Å²) in [5.74, 6) is -0.314. The number of piperazine rings is 1. The molecular formula is C15H15N3O5. The number of amides is 2. The van der Waals surface area contributed by atoms with Crippen LogP contribution in [0, 0.1) is 10.1 Å². The Balaban J connectivity index is 1.83. The third kappa shape index (κ3) is 2.41. The van der Waals surface area contributed by atoms with Crippen LogP contribution in [-0.4, -0.2) is 47.1 Å². The molecule has 2 bridgehead atoms. The molecule has 8 heteroatoms. The summed E-state index contributed by atoms with van der Waals surface area (Å²) in [6.07, 6.45) is 1.34. The lowest BCUT2D eigenvalue weighted by atomic mass is 10.2. The predicted octanol–water partition coefficient (Wildman–Crippen LogP) is 1.71. The van der Waals surface area contributed by atoms with Crippen LogP contribution in [0.3, 0.4) is 0 Å². The Morgan fingerprint density at radius 1 is 1.48 bits per heavy atom. The molecule has 2 fully saturated rings. The second-order valence-electron chi connectivity index (χ2n) is 5.38. The quantitative estimate of drug-likeness (QED) is 0.479. The summed E-state index contributed by atoms with van der Waals surface area (Å²) in [5.41, 5.74) is 0.156. The number of rotatable bonds is 4. The number of likely N-dealkylation sites (tertiary alicyclic amines) is 1. The van der Waals surface area contributed by atoms with Gasteiger partial charge in [0.2, 0.25) is 0 Å². The second-order valence-corrected chi connectivity index (χ2v) is 5.38. The summed E-state index contributed by atoms with van der Waals surface area (Å²) in [6, 6.07) is 5.22. The molecule has 2 atom stereocenters. The Morgan fingerprint density at radius 2 is 2.22 bits per heavy atom. The molecule has 0 unspecified atom stereocenters. The van der Waals surface area contributed by atoms with Crippen molar-refractivity contribution in [3.8, 4) is 0 Å². The molecule has 8 nitrogen and oxygen atoms in total. The number of nitrogens with zero attached hydrogens (tertiary/aromatic N) is 3. The molecule has 0 aromatic heterocycles. The van der Waals surface area contributed by atoms with Gasteiger partial charge in [-0.1, -0.05) is 24.8 Å². The normalized spacial score (nSPS) is 22.3. The second kappa shape index (κ2) is 5.71. The minimum absolute atomic E-state index is 0.0782. The first kappa shape index (κ1) is 15.0. The van der Waals surface area contributed by atoms with Gasteiger partial charge >= 0.3 is 6.09 Å². The number of fused-ring (bicyclic) bond motifs is 2. The van der Waals surface area contributed by atoms with Gasteiger partial charge in [0.15, 0.2) is 0 Å². The van der Waals surface area contributed by atoms with Crippen LogP contribution in [0.15, 0.2) is 36.9 Å². The number of ether oxygens (including phenoxy) is 1. The van der Waals surface area contributed by atoms with Crippen LogP contribution in [0.25, 0.3) is 0 Å². The largest absolute Gasteiger partial charge is 0.445 e. The molecule has 2 amide bonds. The lowest BCUT2D eigenvalue weighted by molar-refractivity contribution is -0.384. The van der Waals surface area contributed by atoms with Gasteiger partial charge < -0.3 is 4.74 Å². The molecule has 0 N–H and O–H groups in total. The van der Waals surface area contributed by atoms with Gasteiger partial charge in [-0.25, -0.2) is 4.79 Å². The highest BCUT2D eigenvalue weighted by Crippen LogP contribution is 2.39. The molecular weight excluding hydrogens is 302 g/mol. The van der Waals surface area contributed by atoms with Crippen LogP contribution < -0.4 is 4.90 Å². The first-order valence-corrected chi connectivity index (χ1v) is 7.15. The number of nitro groups is 1. The Labute approximate surface area is 132 Å². The van der Waals surface area contributed by atoms with Crippen molar-refractivity contribution in [2.45, 2.75) is 18.5 Å². The van der Waals surface area contributed by atoms with Crippen molar-refractivity contribution in [1.82, 2.24) is 4.90 Å². The van der Waals surface area contributed by atoms with Gasteiger partial charge in [-0.05, 0) is 12.5 Å². The number of benzene rings is 1. The molecule has 3 rings (SSSR count). The predicted molar refractivity (Wildman–Crippen MR) is 81.0 cm³/mol. The summed E-state index contributed by atoms with van der Waals surface area (Å²) in [5, 5.41) is 11.2. The van der Waals surface area contributed by atoms with E-state index in [1.165, 1.54) is 21.9 Å². The standard InChI is InChI=1S/C15H15N3O5/c1-2-7-23-15(20)16-9-10-8-13(16)14(19)17(10)11-5-3-4-6-12(11)18(21)22/h2-6,10,13H,1,7-9H2/t10-,13-/m0/s1. The van der Waals surface area contributed by atoms with Crippen molar-refractivity contribution >= 4 is 23.4 Å². The van der Waals surface area contributed by atoms with Crippen LogP contribution in [0.4, 0.5) is 16.2 Å². The molecule has 0 saturated carbocycles. The molecule has 120 valence electrons. The highest BCUT2D eigenvalue weighted by molar-refractivity contribution is 6.04. The summed E-state index contributed by atoms with van der Waals surface area (Å²) in [6.45, 7) is 3.85. The fourth-order valence-electron chi connectivity index (χ4n) is 3.13. The third-order valence-electron chi connectivity index (χ3n) is 4.06. The molecule has 0 spiro atoms. The molecule has 2 aliphatic rings. The third-order valence-corrected chi connectivity index (χ3v) is 4.06. The molecule has 2 aliphatic heterocycles. The van der Waals surface area contributed by atoms with E-state index >= 15 is 0 Å². The van der Waals surface area contributed by atoms with Crippen molar-refractivity contribution in [3.63, 3.8) is 0 Å². The van der Waals surface area contributed by atoms with Gasteiger partial charge in [-0.2, -0.15) is 0 Å². The topological polar surface area (TPSA) is 93.0 Å². The number of anilines is 1. The van der Waals surface area contributed by atoms with Crippen molar-refractivity contribution in [3.05, 3.63) is 47.0 Å². The molecule has 1 aromatic rings. The van der Waals surface area contributed by atoms with Gasteiger partial charge in [0.25, 0.3) is 11.6 Å². The zero-order valence-electron chi connectivity index (χ0n) is 12.3. The zero-order valence-corrected chi connectivity index (χ0v) is 12.3. The Hall–Kier alpha value is -2.90. The van der Waals surface area contributed by atoms with Gasteiger partial charge in [-0.15, -0.1) is 0 Å². The average Bonchev–Trinajstić information content (AvgIpc) is 3.10. The first-order valence-electron chi connectivity index (χ1n) is 7.15. The maximum absolute atomic E-state index is 12.6. The van der Waals surface area contributed by atoms with Gasteiger partial charge in [-0.3, -0.25) is 24.7 Å². The number of nitro benzene ring substituents is 1. The molecule has 2 heterocycles. The highest BCUT2D eigenvalue weighted by Gasteiger charge is 2.53. The number of hydrogen-bond acceptors (Lipinski definition) is 5. The van der Waals surface area contributed by atoms with Gasteiger partial charge in [0.05, 0.1) is 11.0 Å². The number of hydrogen-bond donors (Lipinski definition) is 0. The van der Waals surface area contributed by atoms with E-state index in [1.54, 1.807) is 18.2 Å². The summed E-state index contributed by atoms with van der Waals surface area (Å²) < 4.78 is 4.97. The highest BCUT2D eigenvalue weighted by atomic mass is 16.6. The van der Waals surface area contributed by atoms with Crippen molar-refractivity contribution in [2.75, 3.05) is 18.1 Å². The first-order chi connectivity index (χ1) is 11.0. The van der Waals surface area contributed by atoms with Crippen molar-refractivity contribution in [2.24, 2.45) is 0 Å². The lowest BCUT2D eigenvalue weighted by Crippen LogP contribution is -2.52. The SMILES string of the molecule is C=CCOC(=O)N1C[C@@H]2C[C@H]1C(=O)N2c1ccccc1[N+](=O)[O-]. The molecule has 0 aliphatic carbocycles. The lowest BCUT2D eigenvalue weighted by Gasteiger charge is -2.32. The van der Waals surface area contributed by atoms with E-state index in [4.69, 9.17) is 4.74 Å². The molecule has 1 aromatic carbocycles. The monoisotopic (exact) mass is 317 g/mol. The minimum atomic E-state index is -0.628. The Bertz CT molecular complexity index is 689. The van der Waals surface area contributed by atoms with Crippen LogP contribution >= 0.6 is 0 Å². The Kier molecular flexibility index (Phi) is 3.73. The van der Waals surface area contributed by atoms with Gasteiger partial charge in [0.1, 0.15) is 18.3 Å². The maximum atomic E-state index is 12.6. The van der Waals surface area contributed by atoms with Crippen LogP contribution in [0.1, 0.15) is 6.42 Å². The summed E-state index contributed by atoms with van der Waals surface area (Å²) in [4.78, 5) is 38.0. The fourth-order valence-corrected chi connectivity index (χ4v) is 3.13. The average molecular weight is 317 g/mol. The Morgan fingerprint density at radius 3 is 2.87 bits per heavy atom. The van der Waals surface area contributed by atoms with Crippen molar-refractivity contribution < 1.29 is 19.2 Å². The smallest absolute Gasteiger partial charge is 0.410 e. The molecule has 2 saturated heterocycles. The molecule has 0 radical (unpaired) electrons. The number of para-hydroxylation sites is 2. The fraction of sp³-hybridized carbons (Fsp3) is 0.333. The minimum Gasteiger partial charge on any atom is -0.445 e. The zero-order chi connectivity index (χ0) is 16.6. The molecule has 23 heavy (non-hydrogen) atoms. The summed E-state index contributed by atoms with van der Waals surface area (Å²) >= 11 is 0. The van der Waals surface area contributed by atoms with Crippen LogP contribution in [0.5, 0.6) is 0 Å². The van der Waals surface area contributed by atoms with E-state index in [2.05, 4.69) is 6.58 Å². The summed E-state index contributed by atoms with van der Waals surface area (Å²) in [7, 11) is 0. The van der Waals surface area contributed by atoms with E-state index < -0.39 is 17.1 Å². The van der Waals surface area contributed by atoms with Crippen LogP contribution in [-0.2, 0) is 9.53 Å². The van der Waals surface area contributed by atoms with E-state index in [1.807, 2.05) is 0 Å². The van der Waals surface area contributed by atoms with Crippen molar-refractivity contribution in [1.29, 1.82) is 0 Å². The van der Waals surface area contributed by atoms with E-state index in [0.29, 0.717) is 13.0 Å². The van der Waals surface area contributed by atoms with E-state index in [9.17, 15) is 19.7 Å². The number of carbonyl (C=O) groups excluding carboxylic acids is 2. The van der Waals surface area contributed by atoms with E-state index in [-0.39, 0.29) is 29.9 Å². The van der Waals surface area contributed by atoms with Crippen LogP contribution in [0.2, 0.25) is 0 Å². The van der Waals surface area contributed by atoms with E-state index in [0.717, 1.165) is 0 Å². The maximum Gasteiger partial charge on any atom is 0.410 e. The number of carbonyl (C=O) groups is 2. The van der Waals surface area contributed by atoms with Gasteiger partial charge in [0, 0.05) is 12.6 Å².